The summed E-state index contributed by atoms with van der Waals surface area (Å²) < 4.78 is 5.95. The first-order valence-electron chi connectivity index (χ1n) is 7.87. The molecule has 0 aromatic heterocycles. The van der Waals surface area contributed by atoms with Gasteiger partial charge in [-0.05, 0) is 55.7 Å². The number of carbonyl (C=O) groups is 1. The molecule has 3 N–H and O–H groups in total. The fourth-order valence-electron chi connectivity index (χ4n) is 2.34. The number of benzene rings is 2. The summed E-state index contributed by atoms with van der Waals surface area (Å²) in [7, 11) is 0. The third-order valence-corrected chi connectivity index (χ3v) is 3.74. The molecule has 0 radical (unpaired) electrons. The van der Waals surface area contributed by atoms with E-state index in [2.05, 4.69) is 5.32 Å². The van der Waals surface area contributed by atoms with E-state index >= 15 is 0 Å². The van der Waals surface area contributed by atoms with Gasteiger partial charge in [0.05, 0.1) is 6.54 Å². The number of rotatable bonds is 6. The minimum absolute atomic E-state index is 0. The zero-order valence-electron chi connectivity index (χ0n) is 14.3. The lowest BCUT2D eigenvalue weighted by atomic mass is 10.1. The predicted octanol–water partition coefficient (Wildman–Crippen LogP) is 3.89. The lowest BCUT2D eigenvalue weighted by Crippen LogP contribution is -2.35. The van der Waals surface area contributed by atoms with Crippen LogP contribution < -0.4 is 15.8 Å². The van der Waals surface area contributed by atoms with E-state index in [0.29, 0.717) is 17.8 Å². The molecule has 0 aliphatic heterocycles. The standard InChI is InChI=1S/C19H24N2O2.ClH/c1-4-16(23-17-7-5-6-13(2)10-17)12-21-19(22)18-11-15(20)9-8-14(18)3;/h5-11,16H,4,12,20H2,1-3H3,(H,21,22);1H. The van der Waals surface area contributed by atoms with Crippen molar-refractivity contribution < 1.29 is 9.53 Å². The van der Waals surface area contributed by atoms with Crippen molar-refractivity contribution in [1.29, 1.82) is 0 Å². The van der Waals surface area contributed by atoms with Crippen LogP contribution in [0.25, 0.3) is 0 Å². The second kappa shape index (κ2) is 9.18. The summed E-state index contributed by atoms with van der Waals surface area (Å²) in [5, 5.41) is 2.93. The van der Waals surface area contributed by atoms with Crippen LogP contribution >= 0.6 is 12.4 Å². The molecule has 0 aliphatic rings. The number of ether oxygens (including phenoxy) is 1. The summed E-state index contributed by atoms with van der Waals surface area (Å²) in [5.41, 5.74) is 9.01. The van der Waals surface area contributed by atoms with E-state index < -0.39 is 0 Å². The quantitative estimate of drug-likeness (QED) is 0.778. The van der Waals surface area contributed by atoms with E-state index in [1.807, 2.05) is 51.1 Å². The lowest BCUT2D eigenvalue weighted by molar-refractivity contribution is 0.0925. The van der Waals surface area contributed by atoms with E-state index in [1.54, 1.807) is 12.1 Å². The zero-order valence-corrected chi connectivity index (χ0v) is 15.2. The van der Waals surface area contributed by atoms with Gasteiger partial charge in [-0.2, -0.15) is 0 Å². The highest BCUT2D eigenvalue weighted by Crippen LogP contribution is 2.16. The molecule has 1 amide bonds. The van der Waals surface area contributed by atoms with Crippen LogP contribution in [-0.2, 0) is 0 Å². The summed E-state index contributed by atoms with van der Waals surface area (Å²) in [4.78, 5) is 12.3. The van der Waals surface area contributed by atoms with Crippen molar-refractivity contribution in [2.75, 3.05) is 12.3 Å². The topological polar surface area (TPSA) is 64.4 Å². The number of hydrogen-bond acceptors (Lipinski definition) is 3. The predicted molar refractivity (Wildman–Crippen MR) is 101 cm³/mol. The van der Waals surface area contributed by atoms with Crippen LogP contribution in [0.4, 0.5) is 5.69 Å². The smallest absolute Gasteiger partial charge is 0.251 e. The van der Waals surface area contributed by atoms with Crippen LogP contribution in [0.5, 0.6) is 5.75 Å². The number of halogens is 1. The first-order valence-corrected chi connectivity index (χ1v) is 7.87. The third-order valence-electron chi connectivity index (χ3n) is 3.74. The Bertz CT molecular complexity index is 689. The number of anilines is 1. The van der Waals surface area contributed by atoms with E-state index in [0.717, 1.165) is 23.3 Å². The second-order valence-corrected chi connectivity index (χ2v) is 5.75. The van der Waals surface area contributed by atoms with Gasteiger partial charge in [-0.3, -0.25) is 4.79 Å². The van der Waals surface area contributed by atoms with Gasteiger partial charge < -0.3 is 15.8 Å². The number of nitrogens with two attached hydrogens (primary N) is 1. The summed E-state index contributed by atoms with van der Waals surface area (Å²) in [6, 6.07) is 13.3. The molecular formula is C19H25ClN2O2. The van der Waals surface area contributed by atoms with Gasteiger partial charge in [0.2, 0.25) is 0 Å². The third kappa shape index (κ3) is 5.46. The minimum Gasteiger partial charge on any atom is -0.489 e. The largest absolute Gasteiger partial charge is 0.489 e. The molecule has 0 heterocycles. The highest BCUT2D eigenvalue weighted by molar-refractivity contribution is 5.96. The Morgan fingerprint density at radius 3 is 2.62 bits per heavy atom. The lowest BCUT2D eigenvalue weighted by Gasteiger charge is -2.19. The summed E-state index contributed by atoms with van der Waals surface area (Å²) in [5.74, 6) is 0.701. The van der Waals surface area contributed by atoms with Gasteiger partial charge in [0, 0.05) is 11.3 Å². The fraction of sp³-hybridized carbons (Fsp3) is 0.316. The minimum atomic E-state index is -0.124. The van der Waals surface area contributed by atoms with Gasteiger partial charge >= 0.3 is 0 Å². The Labute approximate surface area is 149 Å². The number of amides is 1. The van der Waals surface area contributed by atoms with Crippen LogP contribution in [0.15, 0.2) is 42.5 Å². The van der Waals surface area contributed by atoms with Crippen molar-refractivity contribution in [2.45, 2.75) is 33.3 Å². The molecule has 130 valence electrons. The normalized spacial score (nSPS) is 11.3. The number of hydrogen-bond donors (Lipinski definition) is 2. The van der Waals surface area contributed by atoms with Gasteiger partial charge in [0.25, 0.3) is 5.91 Å². The van der Waals surface area contributed by atoms with E-state index in [4.69, 9.17) is 10.5 Å². The van der Waals surface area contributed by atoms with Gasteiger partial charge in [0.15, 0.2) is 0 Å². The van der Waals surface area contributed by atoms with Crippen LogP contribution in [-0.4, -0.2) is 18.6 Å². The Morgan fingerprint density at radius 2 is 1.96 bits per heavy atom. The zero-order chi connectivity index (χ0) is 16.8. The van der Waals surface area contributed by atoms with Crippen molar-refractivity contribution in [3.63, 3.8) is 0 Å². The van der Waals surface area contributed by atoms with Crippen LogP contribution in [0.2, 0.25) is 0 Å². The van der Waals surface area contributed by atoms with Gasteiger partial charge in [-0.15, -0.1) is 12.4 Å². The molecule has 0 saturated carbocycles. The Balaban J connectivity index is 0.00000288. The summed E-state index contributed by atoms with van der Waals surface area (Å²) in [6.07, 6.45) is 0.742. The Hall–Kier alpha value is -2.20. The molecule has 0 aliphatic carbocycles. The maximum absolute atomic E-state index is 12.3. The molecule has 0 saturated heterocycles. The molecular weight excluding hydrogens is 324 g/mol. The van der Waals surface area contributed by atoms with Crippen LogP contribution in [0.1, 0.15) is 34.8 Å². The van der Waals surface area contributed by atoms with E-state index in [9.17, 15) is 4.79 Å². The van der Waals surface area contributed by atoms with Crippen molar-refractivity contribution >= 4 is 24.0 Å². The molecule has 4 nitrogen and oxygen atoms in total. The number of carbonyl (C=O) groups excluding carboxylic acids is 1. The highest BCUT2D eigenvalue weighted by Gasteiger charge is 2.13. The van der Waals surface area contributed by atoms with Crippen LogP contribution in [0.3, 0.4) is 0 Å². The Morgan fingerprint density at radius 1 is 1.21 bits per heavy atom. The molecule has 2 rings (SSSR count). The molecule has 5 heteroatoms. The average molecular weight is 349 g/mol. The number of aryl methyl sites for hydroxylation is 2. The van der Waals surface area contributed by atoms with Gasteiger partial charge in [-0.1, -0.05) is 25.1 Å². The van der Waals surface area contributed by atoms with Crippen molar-refractivity contribution in [2.24, 2.45) is 0 Å². The monoisotopic (exact) mass is 348 g/mol. The average Bonchev–Trinajstić information content (AvgIpc) is 2.53. The van der Waals surface area contributed by atoms with E-state index in [1.165, 1.54) is 0 Å². The molecule has 24 heavy (non-hydrogen) atoms. The molecule has 0 fully saturated rings. The van der Waals surface area contributed by atoms with Gasteiger partial charge in [-0.25, -0.2) is 0 Å². The molecule has 2 aromatic rings. The van der Waals surface area contributed by atoms with Crippen LogP contribution in [0, 0.1) is 13.8 Å². The first kappa shape index (κ1) is 19.8. The summed E-state index contributed by atoms with van der Waals surface area (Å²) >= 11 is 0. The van der Waals surface area contributed by atoms with Crippen molar-refractivity contribution in [3.05, 3.63) is 59.2 Å². The van der Waals surface area contributed by atoms with E-state index in [-0.39, 0.29) is 24.4 Å². The maximum atomic E-state index is 12.3. The van der Waals surface area contributed by atoms with Crippen molar-refractivity contribution in [1.82, 2.24) is 5.32 Å². The molecule has 1 atom stereocenters. The van der Waals surface area contributed by atoms with Gasteiger partial charge in [0.1, 0.15) is 11.9 Å². The Kier molecular flexibility index (Phi) is 7.59. The summed E-state index contributed by atoms with van der Waals surface area (Å²) in [6.45, 7) is 6.42. The maximum Gasteiger partial charge on any atom is 0.251 e. The highest BCUT2D eigenvalue weighted by atomic mass is 35.5. The molecule has 0 spiro atoms. The molecule has 0 bridgehead atoms. The number of nitrogen functional groups attached to an aromatic ring is 1. The number of nitrogens with one attached hydrogen (secondary N) is 1. The SMILES string of the molecule is CCC(CNC(=O)c1cc(N)ccc1C)Oc1cccc(C)c1.Cl. The second-order valence-electron chi connectivity index (χ2n) is 5.75. The molecule has 2 aromatic carbocycles. The molecule has 1 unspecified atom stereocenters. The van der Waals surface area contributed by atoms with Crippen molar-refractivity contribution in [3.8, 4) is 5.75 Å². The fourth-order valence-corrected chi connectivity index (χ4v) is 2.34. The first-order chi connectivity index (χ1) is 11.0.